The van der Waals surface area contributed by atoms with Crippen LogP contribution in [-0.4, -0.2) is 48.2 Å². The van der Waals surface area contributed by atoms with Crippen molar-refractivity contribution < 1.29 is 19.4 Å². The summed E-state index contributed by atoms with van der Waals surface area (Å²) in [4.78, 5) is 23.5. The second-order valence-electron chi connectivity index (χ2n) is 4.53. The first-order valence-electron chi connectivity index (χ1n) is 6.17. The molecule has 0 heterocycles. The van der Waals surface area contributed by atoms with Crippen molar-refractivity contribution in [2.75, 3.05) is 20.2 Å². The van der Waals surface area contributed by atoms with E-state index in [1.54, 1.807) is 7.05 Å². The Morgan fingerprint density at radius 1 is 1.35 bits per heavy atom. The average Bonchev–Trinajstić information content (AvgIpc) is 2.78. The zero-order chi connectivity index (χ0) is 12.7. The number of carboxylic acids is 1. The van der Waals surface area contributed by atoms with Gasteiger partial charge in [0.1, 0.15) is 6.61 Å². The van der Waals surface area contributed by atoms with Gasteiger partial charge in [0.05, 0.1) is 6.10 Å². The van der Waals surface area contributed by atoms with Crippen LogP contribution in [-0.2, 0) is 14.3 Å². The summed E-state index contributed by atoms with van der Waals surface area (Å²) >= 11 is 0. The molecule has 1 aliphatic carbocycles. The van der Waals surface area contributed by atoms with Crippen LogP contribution in [0.15, 0.2) is 0 Å². The number of hydrogen-bond donors (Lipinski definition) is 1. The Hall–Kier alpha value is -1.10. The molecule has 1 rings (SSSR count). The Bertz CT molecular complexity index is 261. The monoisotopic (exact) mass is 243 g/mol. The summed E-state index contributed by atoms with van der Waals surface area (Å²) in [5.41, 5.74) is 0. The van der Waals surface area contributed by atoms with Crippen LogP contribution >= 0.6 is 0 Å². The van der Waals surface area contributed by atoms with Crippen molar-refractivity contribution in [3.63, 3.8) is 0 Å². The third-order valence-corrected chi connectivity index (χ3v) is 3.05. The minimum atomic E-state index is -0.826. The molecule has 5 heteroatoms. The first-order valence-corrected chi connectivity index (χ1v) is 6.17. The Kier molecular flexibility index (Phi) is 5.97. The minimum absolute atomic E-state index is 0.0673. The molecule has 0 unspecified atom stereocenters. The molecule has 0 spiro atoms. The molecular formula is C12H21NO4. The maximum atomic E-state index is 11.6. The predicted octanol–water partition coefficient (Wildman–Crippen LogP) is 1.27. The lowest BCUT2D eigenvalue weighted by atomic mass is 10.3. The maximum Gasteiger partial charge on any atom is 0.303 e. The molecule has 17 heavy (non-hydrogen) atoms. The molecule has 0 aliphatic heterocycles. The fourth-order valence-corrected chi connectivity index (χ4v) is 1.95. The summed E-state index contributed by atoms with van der Waals surface area (Å²) in [5, 5.41) is 8.48. The van der Waals surface area contributed by atoms with Crippen molar-refractivity contribution in [2.45, 2.75) is 44.6 Å². The summed E-state index contributed by atoms with van der Waals surface area (Å²) < 4.78 is 5.51. The van der Waals surface area contributed by atoms with Crippen LogP contribution in [0.5, 0.6) is 0 Å². The van der Waals surface area contributed by atoms with Gasteiger partial charge in [-0.3, -0.25) is 9.59 Å². The fraction of sp³-hybridized carbons (Fsp3) is 0.833. The second kappa shape index (κ2) is 7.27. The quantitative estimate of drug-likeness (QED) is 0.731. The number of rotatable bonds is 7. The maximum absolute atomic E-state index is 11.6. The zero-order valence-electron chi connectivity index (χ0n) is 10.4. The van der Waals surface area contributed by atoms with Gasteiger partial charge in [-0.1, -0.05) is 12.8 Å². The summed E-state index contributed by atoms with van der Waals surface area (Å²) in [6, 6.07) is 0. The third-order valence-electron chi connectivity index (χ3n) is 3.05. The van der Waals surface area contributed by atoms with E-state index in [1.165, 1.54) is 17.7 Å². The van der Waals surface area contributed by atoms with E-state index in [-0.39, 0.29) is 25.0 Å². The topological polar surface area (TPSA) is 66.8 Å². The standard InChI is InChI=1S/C12H21NO4/c1-13(8-4-7-12(15)16)11(14)9-17-10-5-2-3-6-10/h10H,2-9H2,1H3,(H,15,16). The summed E-state index contributed by atoms with van der Waals surface area (Å²) in [6.45, 7) is 0.591. The number of carbonyl (C=O) groups is 2. The normalized spacial score (nSPS) is 16.1. The Labute approximate surface area is 102 Å². The molecule has 0 aromatic carbocycles. The lowest BCUT2D eigenvalue weighted by Crippen LogP contribution is -2.32. The molecule has 98 valence electrons. The van der Waals surface area contributed by atoms with E-state index in [2.05, 4.69) is 0 Å². The zero-order valence-corrected chi connectivity index (χ0v) is 10.4. The van der Waals surface area contributed by atoms with Gasteiger partial charge in [-0.15, -0.1) is 0 Å². The van der Waals surface area contributed by atoms with Crippen molar-refractivity contribution >= 4 is 11.9 Å². The molecule has 0 bridgehead atoms. The lowest BCUT2D eigenvalue weighted by molar-refractivity contribution is -0.139. The summed E-state index contributed by atoms with van der Waals surface area (Å²) in [6.07, 6.45) is 5.31. The number of nitrogens with zero attached hydrogens (tertiary/aromatic N) is 1. The number of carbonyl (C=O) groups excluding carboxylic acids is 1. The number of amides is 1. The van der Waals surface area contributed by atoms with Crippen LogP contribution in [0.25, 0.3) is 0 Å². The predicted molar refractivity (Wildman–Crippen MR) is 62.7 cm³/mol. The van der Waals surface area contributed by atoms with E-state index in [1.807, 2.05) is 0 Å². The summed E-state index contributed by atoms with van der Waals surface area (Å²) in [7, 11) is 1.68. The molecule has 1 N–H and O–H groups in total. The largest absolute Gasteiger partial charge is 0.481 e. The van der Waals surface area contributed by atoms with Gasteiger partial charge in [0, 0.05) is 20.0 Å². The number of likely N-dealkylation sites (N-methyl/N-ethyl adjacent to an activating group) is 1. The molecule has 0 saturated heterocycles. The number of hydrogen-bond acceptors (Lipinski definition) is 3. The van der Waals surface area contributed by atoms with E-state index < -0.39 is 5.97 Å². The smallest absolute Gasteiger partial charge is 0.303 e. The molecule has 1 fully saturated rings. The Morgan fingerprint density at radius 3 is 2.59 bits per heavy atom. The number of aliphatic carboxylic acids is 1. The first-order chi connectivity index (χ1) is 8.09. The molecule has 0 atom stereocenters. The molecule has 0 radical (unpaired) electrons. The van der Waals surface area contributed by atoms with Crippen LogP contribution in [0.4, 0.5) is 0 Å². The summed E-state index contributed by atoms with van der Waals surface area (Å²) in [5.74, 6) is -0.893. The molecule has 0 aromatic heterocycles. The Morgan fingerprint density at radius 2 is 2.00 bits per heavy atom. The van der Waals surface area contributed by atoms with Gasteiger partial charge in [0.2, 0.25) is 5.91 Å². The van der Waals surface area contributed by atoms with Gasteiger partial charge in [0.25, 0.3) is 0 Å². The van der Waals surface area contributed by atoms with Crippen molar-refractivity contribution in [3.05, 3.63) is 0 Å². The second-order valence-corrected chi connectivity index (χ2v) is 4.53. The van der Waals surface area contributed by atoms with Gasteiger partial charge in [-0.25, -0.2) is 0 Å². The van der Waals surface area contributed by atoms with Crippen LogP contribution in [0, 0.1) is 0 Å². The van der Waals surface area contributed by atoms with Gasteiger partial charge >= 0.3 is 5.97 Å². The molecule has 1 aliphatic rings. The van der Waals surface area contributed by atoms with Crippen molar-refractivity contribution in [2.24, 2.45) is 0 Å². The van der Waals surface area contributed by atoms with Crippen LogP contribution in [0.1, 0.15) is 38.5 Å². The van der Waals surface area contributed by atoms with Crippen molar-refractivity contribution in [1.82, 2.24) is 4.90 Å². The lowest BCUT2D eigenvalue weighted by Gasteiger charge is -2.18. The molecular weight excluding hydrogens is 222 g/mol. The highest BCUT2D eigenvalue weighted by molar-refractivity contribution is 5.77. The highest BCUT2D eigenvalue weighted by Crippen LogP contribution is 2.20. The Balaban J connectivity index is 2.10. The van der Waals surface area contributed by atoms with Gasteiger partial charge < -0.3 is 14.7 Å². The van der Waals surface area contributed by atoms with Gasteiger partial charge in [0.15, 0.2) is 0 Å². The highest BCUT2D eigenvalue weighted by Gasteiger charge is 2.17. The van der Waals surface area contributed by atoms with E-state index >= 15 is 0 Å². The SMILES string of the molecule is CN(CCCC(=O)O)C(=O)COC1CCCC1. The van der Waals surface area contributed by atoms with Crippen LogP contribution in [0.2, 0.25) is 0 Å². The number of ether oxygens (including phenoxy) is 1. The molecule has 1 amide bonds. The fourth-order valence-electron chi connectivity index (χ4n) is 1.95. The molecule has 1 saturated carbocycles. The molecule has 0 aromatic rings. The average molecular weight is 243 g/mol. The van der Waals surface area contributed by atoms with Crippen molar-refractivity contribution in [3.8, 4) is 0 Å². The van der Waals surface area contributed by atoms with E-state index in [9.17, 15) is 9.59 Å². The number of carboxylic acid groups (broad SMARTS) is 1. The molecule has 5 nitrogen and oxygen atoms in total. The first kappa shape index (κ1) is 14.0. The van der Waals surface area contributed by atoms with Crippen LogP contribution in [0.3, 0.4) is 0 Å². The van der Waals surface area contributed by atoms with Crippen LogP contribution < -0.4 is 0 Å². The van der Waals surface area contributed by atoms with Crippen molar-refractivity contribution in [1.29, 1.82) is 0 Å². The third kappa shape index (κ3) is 5.68. The van der Waals surface area contributed by atoms with Gasteiger partial charge in [-0.2, -0.15) is 0 Å². The van der Waals surface area contributed by atoms with E-state index in [0.717, 1.165) is 12.8 Å². The van der Waals surface area contributed by atoms with Gasteiger partial charge in [-0.05, 0) is 19.3 Å². The minimum Gasteiger partial charge on any atom is -0.481 e. The van der Waals surface area contributed by atoms with E-state index in [4.69, 9.17) is 9.84 Å². The highest BCUT2D eigenvalue weighted by atomic mass is 16.5. The van der Waals surface area contributed by atoms with E-state index in [0.29, 0.717) is 13.0 Å².